The fourth-order valence-corrected chi connectivity index (χ4v) is 4.01. The van der Waals surface area contributed by atoms with Crippen molar-refractivity contribution < 1.29 is 8.42 Å². The fourth-order valence-electron chi connectivity index (χ4n) is 1.92. The van der Waals surface area contributed by atoms with Gasteiger partial charge in [-0.3, -0.25) is 0 Å². The van der Waals surface area contributed by atoms with Crippen molar-refractivity contribution in [1.29, 1.82) is 0 Å². The summed E-state index contributed by atoms with van der Waals surface area (Å²) in [6, 6.07) is 6.44. The highest BCUT2D eigenvalue weighted by Gasteiger charge is 2.20. The van der Waals surface area contributed by atoms with Crippen LogP contribution in [0.5, 0.6) is 0 Å². The number of nitrogens with zero attached hydrogens (tertiary/aromatic N) is 1. The monoisotopic (exact) mass is 325 g/mol. The highest BCUT2D eigenvalue weighted by molar-refractivity contribution is 7.89. The molecule has 7 heteroatoms. The van der Waals surface area contributed by atoms with Gasteiger partial charge in [-0.05, 0) is 44.5 Å². The van der Waals surface area contributed by atoms with Gasteiger partial charge in [-0.25, -0.2) is 18.1 Å². The molecule has 114 valence electrons. The van der Waals surface area contributed by atoms with Crippen LogP contribution in [0.25, 0.3) is 0 Å². The topological polar surface area (TPSA) is 85.1 Å². The molecule has 3 N–H and O–H groups in total. The molecule has 0 fully saturated rings. The molecule has 0 bridgehead atoms. The number of aromatic nitrogens is 1. The minimum Gasteiger partial charge on any atom is -0.330 e. The number of thiazole rings is 1. The minimum absolute atomic E-state index is 0.253. The van der Waals surface area contributed by atoms with E-state index < -0.39 is 10.0 Å². The fraction of sp³-hybridized carbons (Fsp3) is 0.357. The van der Waals surface area contributed by atoms with Crippen molar-refractivity contribution in [1.82, 2.24) is 9.71 Å². The molecule has 1 aromatic heterocycles. The molecule has 0 aliphatic rings. The standard InChI is InChI=1S/C14H19N3O2S2/c1-10-9-20-14(16-10)11(2)17-21(18,19)13-5-3-12(4-6-13)7-8-15/h3-6,9,11,17H,7-8,15H2,1-2H3. The zero-order valence-electron chi connectivity index (χ0n) is 12.0. The van der Waals surface area contributed by atoms with Gasteiger partial charge in [-0.15, -0.1) is 11.3 Å². The molecule has 5 nitrogen and oxygen atoms in total. The third-order valence-corrected chi connectivity index (χ3v) is 5.71. The quantitative estimate of drug-likeness (QED) is 0.850. The molecular formula is C14H19N3O2S2. The van der Waals surface area contributed by atoms with Crippen LogP contribution in [-0.4, -0.2) is 19.9 Å². The van der Waals surface area contributed by atoms with Crippen LogP contribution in [0.1, 0.15) is 29.2 Å². The number of aryl methyl sites for hydroxylation is 1. The van der Waals surface area contributed by atoms with Crippen LogP contribution in [0.15, 0.2) is 34.5 Å². The Balaban J connectivity index is 2.14. The number of sulfonamides is 1. The van der Waals surface area contributed by atoms with Crippen molar-refractivity contribution in [3.63, 3.8) is 0 Å². The van der Waals surface area contributed by atoms with Crippen LogP contribution in [0.2, 0.25) is 0 Å². The summed E-state index contributed by atoms with van der Waals surface area (Å²) in [7, 11) is -3.54. The number of nitrogens with two attached hydrogens (primary N) is 1. The van der Waals surface area contributed by atoms with Crippen LogP contribution < -0.4 is 10.5 Å². The first kappa shape index (κ1) is 16.1. The molecule has 0 amide bonds. The molecule has 1 unspecified atom stereocenters. The predicted octanol–water partition coefficient (Wildman–Crippen LogP) is 1.99. The SMILES string of the molecule is Cc1csc(C(C)NS(=O)(=O)c2ccc(CCN)cc2)n1. The summed E-state index contributed by atoms with van der Waals surface area (Å²) in [6.45, 7) is 4.22. The third kappa shape index (κ3) is 4.10. The summed E-state index contributed by atoms with van der Waals surface area (Å²) < 4.78 is 27.3. The first-order valence-electron chi connectivity index (χ1n) is 6.66. The molecule has 0 aliphatic carbocycles. The largest absolute Gasteiger partial charge is 0.330 e. The maximum atomic E-state index is 12.3. The maximum absolute atomic E-state index is 12.3. The lowest BCUT2D eigenvalue weighted by Crippen LogP contribution is -2.26. The Morgan fingerprint density at radius 2 is 2.00 bits per heavy atom. The van der Waals surface area contributed by atoms with Gasteiger partial charge < -0.3 is 5.73 Å². The van der Waals surface area contributed by atoms with Gasteiger partial charge in [-0.2, -0.15) is 0 Å². The lowest BCUT2D eigenvalue weighted by atomic mass is 10.2. The Morgan fingerprint density at radius 1 is 1.33 bits per heavy atom. The van der Waals surface area contributed by atoms with Gasteiger partial charge >= 0.3 is 0 Å². The second kappa shape index (κ2) is 6.65. The molecule has 0 aliphatic heterocycles. The van der Waals surface area contributed by atoms with E-state index in [0.29, 0.717) is 6.54 Å². The van der Waals surface area contributed by atoms with Crippen LogP contribution in [-0.2, 0) is 16.4 Å². The van der Waals surface area contributed by atoms with Gasteiger partial charge in [0.15, 0.2) is 0 Å². The molecule has 0 radical (unpaired) electrons. The molecular weight excluding hydrogens is 306 g/mol. The average molecular weight is 325 g/mol. The molecule has 0 spiro atoms. The Bertz CT molecular complexity index is 693. The van der Waals surface area contributed by atoms with E-state index in [2.05, 4.69) is 9.71 Å². The Labute approximate surface area is 129 Å². The average Bonchev–Trinajstić information content (AvgIpc) is 2.86. The summed E-state index contributed by atoms with van der Waals surface area (Å²) in [6.07, 6.45) is 0.739. The summed E-state index contributed by atoms with van der Waals surface area (Å²) in [4.78, 5) is 4.56. The van der Waals surface area contributed by atoms with Crippen LogP contribution in [0.3, 0.4) is 0 Å². The van der Waals surface area contributed by atoms with E-state index in [-0.39, 0.29) is 10.9 Å². The molecule has 1 aromatic carbocycles. The molecule has 0 saturated carbocycles. The zero-order valence-corrected chi connectivity index (χ0v) is 13.7. The zero-order chi connectivity index (χ0) is 15.5. The van der Waals surface area contributed by atoms with E-state index >= 15 is 0 Å². The number of nitrogens with one attached hydrogen (secondary N) is 1. The van der Waals surface area contributed by atoms with E-state index in [9.17, 15) is 8.42 Å². The molecule has 1 atom stereocenters. The highest BCUT2D eigenvalue weighted by atomic mass is 32.2. The van der Waals surface area contributed by atoms with Gasteiger partial charge in [0.2, 0.25) is 10.0 Å². The number of hydrogen-bond donors (Lipinski definition) is 2. The van der Waals surface area contributed by atoms with E-state index in [1.54, 1.807) is 31.2 Å². The van der Waals surface area contributed by atoms with Crippen molar-refractivity contribution in [3.8, 4) is 0 Å². The van der Waals surface area contributed by atoms with Gasteiger partial charge in [-0.1, -0.05) is 12.1 Å². The summed E-state index contributed by atoms with van der Waals surface area (Å²) in [5, 5.41) is 2.66. The third-order valence-electron chi connectivity index (χ3n) is 3.01. The van der Waals surface area contributed by atoms with E-state index in [1.165, 1.54) is 11.3 Å². The highest BCUT2D eigenvalue weighted by Crippen LogP contribution is 2.20. The predicted molar refractivity (Wildman–Crippen MR) is 84.8 cm³/mol. The normalized spacial score (nSPS) is 13.3. The second-order valence-corrected chi connectivity index (χ2v) is 7.46. The number of rotatable bonds is 6. The van der Waals surface area contributed by atoms with Gasteiger partial charge in [0, 0.05) is 11.1 Å². The number of hydrogen-bond acceptors (Lipinski definition) is 5. The van der Waals surface area contributed by atoms with Crippen molar-refractivity contribution in [2.45, 2.75) is 31.2 Å². The molecule has 2 aromatic rings. The Kier molecular flexibility index (Phi) is 5.10. The van der Waals surface area contributed by atoms with Crippen LogP contribution in [0, 0.1) is 6.92 Å². The smallest absolute Gasteiger partial charge is 0.241 e. The van der Waals surface area contributed by atoms with Gasteiger partial charge in [0.05, 0.1) is 10.9 Å². The van der Waals surface area contributed by atoms with Gasteiger partial charge in [0.25, 0.3) is 0 Å². The first-order valence-corrected chi connectivity index (χ1v) is 9.02. The maximum Gasteiger partial charge on any atom is 0.241 e. The van der Waals surface area contributed by atoms with Gasteiger partial charge in [0.1, 0.15) is 5.01 Å². The second-order valence-electron chi connectivity index (χ2n) is 4.85. The molecule has 21 heavy (non-hydrogen) atoms. The Morgan fingerprint density at radius 3 is 2.52 bits per heavy atom. The minimum atomic E-state index is -3.54. The Hall–Kier alpha value is -1.28. The van der Waals surface area contributed by atoms with Crippen LogP contribution in [0.4, 0.5) is 0 Å². The van der Waals surface area contributed by atoms with Crippen molar-refractivity contribution >= 4 is 21.4 Å². The van der Waals surface area contributed by atoms with E-state index in [1.807, 2.05) is 12.3 Å². The number of benzene rings is 1. The summed E-state index contributed by atoms with van der Waals surface area (Å²) in [5.74, 6) is 0. The molecule has 0 saturated heterocycles. The van der Waals surface area contributed by atoms with Crippen molar-refractivity contribution in [2.24, 2.45) is 5.73 Å². The van der Waals surface area contributed by atoms with Crippen LogP contribution >= 0.6 is 11.3 Å². The first-order chi connectivity index (χ1) is 9.92. The lowest BCUT2D eigenvalue weighted by molar-refractivity contribution is 0.566. The lowest BCUT2D eigenvalue weighted by Gasteiger charge is -2.12. The van der Waals surface area contributed by atoms with E-state index in [4.69, 9.17) is 5.73 Å². The van der Waals surface area contributed by atoms with Crippen molar-refractivity contribution in [2.75, 3.05) is 6.54 Å². The summed E-state index contributed by atoms with van der Waals surface area (Å²) >= 11 is 1.45. The summed E-state index contributed by atoms with van der Waals surface area (Å²) in [5.41, 5.74) is 7.40. The van der Waals surface area contributed by atoms with Crippen molar-refractivity contribution in [3.05, 3.63) is 45.9 Å². The molecule has 2 rings (SSSR count). The molecule has 1 heterocycles. The van der Waals surface area contributed by atoms with E-state index in [0.717, 1.165) is 22.7 Å².